The molecule has 0 aliphatic carbocycles. The van der Waals surface area contributed by atoms with Crippen molar-refractivity contribution in [3.8, 4) is 0 Å². The molecular formula is C32H30N2O9. The van der Waals surface area contributed by atoms with Crippen LogP contribution in [0.1, 0.15) is 43.6 Å². The predicted molar refractivity (Wildman–Crippen MR) is 155 cm³/mol. The molecule has 4 rings (SSSR count). The number of hydrogen-bond donors (Lipinski definition) is 1. The summed E-state index contributed by atoms with van der Waals surface area (Å²) in [4.78, 5) is 65.3. The topological polar surface area (TPSA) is 143 Å². The number of carbonyl (C=O) groups excluding carboxylic acids is 3. The molecular weight excluding hydrogens is 556 g/mol. The van der Waals surface area contributed by atoms with Gasteiger partial charge in [-0.1, -0.05) is 54.6 Å². The van der Waals surface area contributed by atoms with Crippen LogP contribution in [0.15, 0.2) is 107 Å². The summed E-state index contributed by atoms with van der Waals surface area (Å²) in [6.45, 7) is 2.17. The van der Waals surface area contributed by atoms with E-state index in [9.17, 15) is 24.0 Å². The van der Waals surface area contributed by atoms with E-state index in [4.69, 9.17) is 18.9 Å². The lowest BCUT2D eigenvalue weighted by atomic mass is 10.1. The quantitative estimate of drug-likeness (QED) is 0.195. The number of aromatic nitrogens is 2. The highest BCUT2D eigenvalue weighted by atomic mass is 16.6. The molecule has 0 radical (unpaired) electrons. The molecule has 1 aromatic heterocycles. The number of aryl methyl sites for hydroxylation is 1. The summed E-state index contributed by atoms with van der Waals surface area (Å²) in [5.41, 5.74) is -0.266. The molecule has 0 aliphatic heterocycles. The minimum Gasteiger partial charge on any atom is -0.459 e. The normalized spacial score (nSPS) is 12.9. The van der Waals surface area contributed by atoms with E-state index in [0.717, 1.165) is 4.57 Å². The minimum absolute atomic E-state index is 0.224. The van der Waals surface area contributed by atoms with Gasteiger partial charge in [0.2, 0.25) is 0 Å². The summed E-state index contributed by atoms with van der Waals surface area (Å²) in [5.74, 6) is -2.09. The molecule has 3 atom stereocenters. The lowest BCUT2D eigenvalue weighted by Gasteiger charge is -2.31. The number of nitrogens with zero attached hydrogens (tertiary/aromatic N) is 1. The first-order valence-corrected chi connectivity index (χ1v) is 13.4. The Hall–Kier alpha value is -5.29. The van der Waals surface area contributed by atoms with Crippen LogP contribution in [0.2, 0.25) is 0 Å². The van der Waals surface area contributed by atoms with Gasteiger partial charge in [-0.2, -0.15) is 0 Å². The Morgan fingerprint density at radius 2 is 1.23 bits per heavy atom. The van der Waals surface area contributed by atoms with E-state index in [1.807, 2.05) is 0 Å². The second-order valence-corrected chi connectivity index (χ2v) is 9.55. The van der Waals surface area contributed by atoms with Crippen LogP contribution in [-0.4, -0.2) is 52.4 Å². The fraction of sp³-hybridized carbons (Fsp3) is 0.219. The smallest absolute Gasteiger partial charge is 0.338 e. The second-order valence-electron chi connectivity index (χ2n) is 9.55. The fourth-order valence-electron chi connectivity index (χ4n) is 4.06. The van der Waals surface area contributed by atoms with Crippen LogP contribution in [0.5, 0.6) is 0 Å². The van der Waals surface area contributed by atoms with E-state index in [0.29, 0.717) is 0 Å². The summed E-state index contributed by atoms with van der Waals surface area (Å²) in [6.07, 6.45) is -2.32. The molecule has 11 heteroatoms. The van der Waals surface area contributed by atoms with Gasteiger partial charge in [0.1, 0.15) is 25.5 Å². The Labute approximate surface area is 246 Å². The number of nitrogens with one attached hydrogen (secondary N) is 1. The number of esters is 3. The molecule has 43 heavy (non-hydrogen) atoms. The van der Waals surface area contributed by atoms with Crippen molar-refractivity contribution in [2.24, 2.45) is 0 Å². The van der Waals surface area contributed by atoms with Crippen LogP contribution in [0.25, 0.3) is 0 Å². The Morgan fingerprint density at radius 1 is 0.744 bits per heavy atom. The van der Waals surface area contributed by atoms with Gasteiger partial charge in [0.15, 0.2) is 6.10 Å². The fourth-order valence-corrected chi connectivity index (χ4v) is 4.06. The largest absolute Gasteiger partial charge is 0.459 e. The first kappa shape index (κ1) is 30.7. The Morgan fingerprint density at radius 3 is 1.77 bits per heavy atom. The third kappa shape index (κ3) is 8.37. The molecule has 1 heterocycles. The highest BCUT2D eigenvalue weighted by molar-refractivity contribution is 5.90. The molecule has 4 aromatic rings. The van der Waals surface area contributed by atoms with E-state index in [2.05, 4.69) is 4.98 Å². The van der Waals surface area contributed by atoms with Crippen molar-refractivity contribution in [2.45, 2.75) is 38.9 Å². The van der Waals surface area contributed by atoms with Crippen molar-refractivity contribution >= 4 is 17.9 Å². The molecule has 0 amide bonds. The monoisotopic (exact) mass is 586 g/mol. The van der Waals surface area contributed by atoms with Crippen LogP contribution >= 0.6 is 0 Å². The third-order valence-electron chi connectivity index (χ3n) is 6.39. The van der Waals surface area contributed by atoms with Gasteiger partial charge >= 0.3 is 23.6 Å². The van der Waals surface area contributed by atoms with Crippen molar-refractivity contribution in [3.05, 3.63) is 140 Å². The van der Waals surface area contributed by atoms with Crippen molar-refractivity contribution < 1.29 is 33.3 Å². The van der Waals surface area contributed by atoms with Crippen LogP contribution in [0.3, 0.4) is 0 Å². The molecule has 0 spiro atoms. The van der Waals surface area contributed by atoms with Gasteiger partial charge in [0.05, 0.1) is 16.7 Å². The van der Waals surface area contributed by atoms with E-state index < -0.39 is 60.8 Å². The summed E-state index contributed by atoms with van der Waals surface area (Å²) in [5, 5.41) is 0. The predicted octanol–water partition coefficient (Wildman–Crippen LogP) is 3.52. The van der Waals surface area contributed by atoms with E-state index in [1.54, 1.807) is 91.0 Å². The number of aromatic amines is 1. The maximum Gasteiger partial charge on any atom is 0.338 e. The van der Waals surface area contributed by atoms with Crippen molar-refractivity contribution in [3.63, 3.8) is 0 Å². The molecule has 3 aromatic carbocycles. The first-order valence-electron chi connectivity index (χ1n) is 13.4. The minimum atomic E-state index is -1.30. The zero-order valence-corrected chi connectivity index (χ0v) is 23.5. The third-order valence-corrected chi connectivity index (χ3v) is 6.39. The molecule has 1 N–H and O–H groups in total. The lowest BCUT2D eigenvalue weighted by molar-refractivity contribution is -0.129. The standard InChI is InChI=1S/C32H30N2O9/c1-21-18-34(32(39)33-28(21)35)20-41-26(19-40-29(36)23-12-6-3-7-13-23)27(43-31(38)25-16-10-5-11-17-25)22(2)42-30(37)24-14-8-4-9-15-24/h3-18,22,26-27H,19-20H2,1-2H3,(H,33,35,39). The summed E-state index contributed by atoms with van der Waals surface area (Å²) in [6, 6.07) is 24.6. The first-order chi connectivity index (χ1) is 20.7. The molecule has 11 nitrogen and oxygen atoms in total. The number of H-pyrrole nitrogens is 1. The highest BCUT2D eigenvalue weighted by Gasteiger charge is 2.36. The number of hydrogen-bond acceptors (Lipinski definition) is 9. The van der Waals surface area contributed by atoms with Crippen molar-refractivity contribution in [2.75, 3.05) is 6.61 Å². The number of rotatable bonds is 12. The van der Waals surface area contributed by atoms with Gasteiger partial charge in [-0.3, -0.25) is 14.3 Å². The average molecular weight is 587 g/mol. The molecule has 0 aliphatic rings. The zero-order chi connectivity index (χ0) is 30.8. The maximum atomic E-state index is 13.2. The van der Waals surface area contributed by atoms with Gasteiger partial charge in [-0.15, -0.1) is 0 Å². The average Bonchev–Trinajstić information content (AvgIpc) is 3.03. The Kier molecular flexibility index (Phi) is 10.4. The summed E-state index contributed by atoms with van der Waals surface area (Å²) >= 11 is 0. The van der Waals surface area contributed by atoms with E-state index in [1.165, 1.54) is 20.0 Å². The number of carbonyl (C=O) groups is 3. The second kappa shape index (κ2) is 14.6. The van der Waals surface area contributed by atoms with Gasteiger partial charge in [-0.25, -0.2) is 19.2 Å². The zero-order valence-electron chi connectivity index (χ0n) is 23.5. The Balaban J connectivity index is 1.64. The number of benzene rings is 3. The van der Waals surface area contributed by atoms with Crippen molar-refractivity contribution in [1.82, 2.24) is 9.55 Å². The van der Waals surface area contributed by atoms with E-state index in [-0.39, 0.29) is 22.3 Å². The molecule has 3 unspecified atom stereocenters. The SMILES string of the molecule is Cc1cn(COC(COC(=O)c2ccccc2)C(OC(=O)c2ccccc2)C(C)OC(=O)c2ccccc2)c(=O)[nH]c1=O. The molecule has 0 bridgehead atoms. The molecule has 222 valence electrons. The van der Waals surface area contributed by atoms with Crippen LogP contribution in [-0.2, 0) is 25.7 Å². The van der Waals surface area contributed by atoms with Crippen LogP contribution in [0, 0.1) is 6.92 Å². The summed E-state index contributed by atoms with van der Waals surface area (Å²) in [7, 11) is 0. The molecule has 0 saturated carbocycles. The van der Waals surface area contributed by atoms with Crippen LogP contribution < -0.4 is 11.2 Å². The maximum absolute atomic E-state index is 13.2. The van der Waals surface area contributed by atoms with Gasteiger partial charge in [-0.05, 0) is 50.2 Å². The summed E-state index contributed by atoms with van der Waals surface area (Å²) < 4.78 is 24.1. The lowest BCUT2D eigenvalue weighted by Crippen LogP contribution is -2.46. The molecule has 0 saturated heterocycles. The Bertz CT molecular complexity index is 1650. The van der Waals surface area contributed by atoms with E-state index >= 15 is 0 Å². The van der Waals surface area contributed by atoms with Crippen LogP contribution in [0.4, 0.5) is 0 Å². The van der Waals surface area contributed by atoms with Gasteiger partial charge in [0.25, 0.3) is 5.56 Å². The van der Waals surface area contributed by atoms with Crippen molar-refractivity contribution in [1.29, 1.82) is 0 Å². The number of ether oxygens (including phenoxy) is 4. The van der Waals surface area contributed by atoms with Gasteiger partial charge in [0, 0.05) is 11.8 Å². The molecule has 0 fully saturated rings. The van der Waals surface area contributed by atoms with Gasteiger partial charge < -0.3 is 18.9 Å². The highest BCUT2D eigenvalue weighted by Crippen LogP contribution is 2.19.